The van der Waals surface area contributed by atoms with Crippen LogP contribution in [0.4, 0.5) is 8.78 Å². The van der Waals surface area contributed by atoms with Gasteiger partial charge in [-0.15, -0.1) is 0 Å². The molecule has 146 valence electrons. The lowest BCUT2D eigenvalue weighted by Gasteiger charge is -2.37. The van der Waals surface area contributed by atoms with Gasteiger partial charge in [0.25, 0.3) is 0 Å². The van der Waals surface area contributed by atoms with E-state index in [1.165, 1.54) is 12.1 Å². The highest BCUT2D eigenvalue weighted by Gasteiger charge is 2.50. The summed E-state index contributed by atoms with van der Waals surface area (Å²) < 4.78 is 41.6. The molecule has 1 spiro atoms. The number of hydrogen-bond acceptors (Lipinski definition) is 4. The first-order chi connectivity index (χ1) is 13.9. The summed E-state index contributed by atoms with van der Waals surface area (Å²) in [4.78, 5) is 16.2. The molecular weight excluding hydrogens is 514 g/mol. The van der Waals surface area contributed by atoms with Gasteiger partial charge in [0.2, 0.25) is 0 Å². The summed E-state index contributed by atoms with van der Waals surface area (Å²) in [6.07, 6.45) is 0.250. The van der Waals surface area contributed by atoms with Gasteiger partial charge in [-0.2, -0.15) is 9.59 Å². The van der Waals surface area contributed by atoms with Crippen LogP contribution in [0.5, 0.6) is 11.5 Å². The molecule has 0 fully saturated rings. The maximum absolute atomic E-state index is 14.4. The fraction of sp³-hybridized carbons (Fsp3) is 0.0952. The minimum Gasteiger partial charge on any atom is -0.456 e. The first-order valence-electron chi connectivity index (χ1n) is 8.31. The van der Waals surface area contributed by atoms with Crippen LogP contribution in [0.2, 0.25) is 0 Å². The Balaban J connectivity index is 0.000000645. The smallest absolute Gasteiger partial charge is 0.373 e. The van der Waals surface area contributed by atoms with Gasteiger partial charge in [0.15, 0.2) is 5.60 Å². The van der Waals surface area contributed by atoms with E-state index in [-0.39, 0.29) is 6.15 Å². The van der Waals surface area contributed by atoms with Gasteiger partial charge in [-0.05, 0) is 67.3 Å². The highest BCUT2D eigenvalue weighted by Crippen LogP contribution is 2.57. The zero-order valence-corrected chi connectivity index (χ0v) is 17.6. The molecule has 0 aliphatic carbocycles. The van der Waals surface area contributed by atoms with Crippen LogP contribution in [0.25, 0.3) is 0 Å². The predicted molar refractivity (Wildman–Crippen MR) is 104 cm³/mol. The average Bonchev–Trinajstić information content (AvgIpc) is 3.07. The molecular formula is C21H10Br2F2O4. The third-order valence-corrected chi connectivity index (χ3v) is 6.08. The molecule has 0 radical (unpaired) electrons. The fourth-order valence-corrected chi connectivity index (χ4v) is 4.38. The monoisotopic (exact) mass is 522 g/mol. The molecule has 8 heteroatoms. The first kappa shape index (κ1) is 19.9. The molecule has 0 unspecified atom stereocenters. The van der Waals surface area contributed by atoms with E-state index in [9.17, 15) is 8.78 Å². The Bertz CT molecular complexity index is 1120. The summed E-state index contributed by atoms with van der Waals surface area (Å²) in [5.41, 5.74) is 1.80. The Morgan fingerprint density at radius 1 is 0.862 bits per heavy atom. The molecule has 3 aromatic rings. The third kappa shape index (κ3) is 3.04. The molecule has 0 atom stereocenters. The van der Waals surface area contributed by atoms with Crippen molar-refractivity contribution in [3.63, 3.8) is 0 Å². The van der Waals surface area contributed by atoms with Gasteiger partial charge in [-0.1, -0.05) is 24.3 Å². The lowest BCUT2D eigenvalue weighted by molar-refractivity contribution is -0.191. The quantitative estimate of drug-likeness (QED) is 0.372. The maximum Gasteiger partial charge on any atom is 0.373 e. The van der Waals surface area contributed by atoms with Gasteiger partial charge in [0.05, 0.1) is 15.6 Å². The Morgan fingerprint density at radius 2 is 1.38 bits per heavy atom. The summed E-state index contributed by atoms with van der Waals surface area (Å²) in [6, 6.07) is 13.7. The van der Waals surface area contributed by atoms with Crippen LogP contribution in [-0.4, -0.2) is 6.15 Å². The Morgan fingerprint density at radius 3 is 1.93 bits per heavy atom. The molecule has 0 amide bonds. The highest BCUT2D eigenvalue weighted by molar-refractivity contribution is 9.10. The first-order valence-corrected chi connectivity index (χ1v) is 9.89. The molecule has 29 heavy (non-hydrogen) atoms. The minimum absolute atomic E-state index is 0.250. The summed E-state index contributed by atoms with van der Waals surface area (Å²) in [6.45, 7) is 0.352. The molecule has 0 aromatic heterocycles. The topological polar surface area (TPSA) is 52.6 Å². The number of hydrogen-bond donors (Lipinski definition) is 0. The van der Waals surface area contributed by atoms with Crippen LogP contribution >= 0.6 is 31.9 Å². The van der Waals surface area contributed by atoms with Gasteiger partial charge in [0, 0.05) is 11.1 Å². The number of rotatable bonds is 0. The number of halogens is 4. The molecule has 2 heterocycles. The zero-order valence-electron chi connectivity index (χ0n) is 14.5. The molecule has 5 rings (SSSR count). The molecule has 2 aliphatic heterocycles. The van der Waals surface area contributed by atoms with Crippen molar-refractivity contribution < 1.29 is 27.8 Å². The van der Waals surface area contributed by atoms with E-state index in [2.05, 4.69) is 31.9 Å². The van der Waals surface area contributed by atoms with Gasteiger partial charge in [-0.3, -0.25) is 0 Å². The Hall–Kier alpha value is -2.38. The van der Waals surface area contributed by atoms with Crippen LogP contribution < -0.4 is 4.74 Å². The number of carbonyl (C=O) groups excluding carboxylic acids is 2. The molecule has 0 bridgehead atoms. The molecule has 0 N–H and O–H groups in total. The lowest BCUT2D eigenvalue weighted by Crippen LogP contribution is -2.32. The summed E-state index contributed by atoms with van der Waals surface area (Å²) in [5.74, 6) is 0.0865. The number of fused-ring (bicyclic) bond motifs is 6. The number of ether oxygens (including phenoxy) is 2. The van der Waals surface area contributed by atoms with Crippen molar-refractivity contribution in [2.45, 2.75) is 12.2 Å². The zero-order chi connectivity index (χ0) is 20.8. The van der Waals surface area contributed by atoms with Crippen LogP contribution in [0.15, 0.2) is 57.5 Å². The van der Waals surface area contributed by atoms with E-state index in [0.29, 0.717) is 38.2 Å². The number of benzene rings is 3. The third-order valence-electron chi connectivity index (χ3n) is 4.86. The van der Waals surface area contributed by atoms with Crippen LogP contribution in [0, 0.1) is 11.6 Å². The lowest BCUT2D eigenvalue weighted by atomic mass is 9.77. The van der Waals surface area contributed by atoms with Crippen molar-refractivity contribution in [2.24, 2.45) is 0 Å². The van der Waals surface area contributed by atoms with E-state index < -0.39 is 17.2 Å². The second kappa shape index (κ2) is 7.46. The Kier molecular flexibility index (Phi) is 5.12. The van der Waals surface area contributed by atoms with Crippen molar-refractivity contribution >= 4 is 38.0 Å². The van der Waals surface area contributed by atoms with Crippen molar-refractivity contribution in [3.8, 4) is 11.5 Å². The van der Waals surface area contributed by atoms with E-state index in [1.54, 1.807) is 12.1 Å². The van der Waals surface area contributed by atoms with Crippen LogP contribution in [0.3, 0.4) is 0 Å². The molecule has 0 saturated carbocycles. The standard InChI is InChI=1S/C20H10Br2F2O2.CO2/c21-14-7-18-12(5-16(14)23)20(11-4-2-1-3-10(11)9-25-20)13-6-17(24)15(22)8-19(13)26-18;2-1-3/h1-8H,9H2;. The molecule has 2 aliphatic rings. The average molecular weight is 524 g/mol. The minimum atomic E-state index is -1.11. The van der Waals surface area contributed by atoms with Gasteiger partial charge in [0.1, 0.15) is 23.1 Å². The van der Waals surface area contributed by atoms with E-state index in [4.69, 9.17) is 19.1 Å². The van der Waals surface area contributed by atoms with Crippen molar-refractivity contribution in [2.75, 3.05) is 0 Å². The maximum atomic E-state index is 14.4. The van der Waals surface area contributed by atoms with Crippen LogP contribution in [-0.2, 0) is 26.5 Å². The molecule has 0 saturated heterocycles. The van der Waals surface area contributed by atoms with Crippen molar-refractivity contribution in [1.82, 2.24) is 0 Å². The summed E-state index contributed by atoms with van der Waals surface area (Å²) >= 11 is 6.41. The Labute approximate surface area is 180 Å². The SMILES string of the molecule is Fc1cc2c(cc1Br)Oc1cc(Br)c(F)cc1C21OCc2ccccc21.O=C=O. The highest BCUT2D eigenvalue weighted by atomic mass is 79.9. The van der Waals surface area contributed by atoms with Crippen LogP contribution in [0.1, 0.15) is 22.3 Å². The second-order valence-corrected chi connectivity index (χ2v) is 8.05. The van der Waals surface area contributed by atoms with E-state index >= 15 is 0 Å². The second-order valence-electron chi connectivity index (χ2n) is 6.34. The van der Waals surface area contributed by atoms with Crippen molar-refractivity contribution in [3.05, 3.63) is 91.4 Å². The van der Waals surface area contributed by atoms with E-state index in [0.717, 1.165) is 11.1 Å². The molecule has 3 aromatic carbocycles. The summed E-state index contributed by atoms with van der Waals surface area (Å²) in [5, 5.41) is 0. The molecule has 4 nitrogen and oxygen atoms in total. The van der Waals surface area contributed by atoms with Gasteiger partial charge in [-0.25, -0.2) is 8.78 Å². The van der Waals surface area contributed by atoms with Gasteiger partial charge < -0.3 is 9.47 Å². The van der Waals surface area contributed by atoms with Gasteiger partial charge >= 0.3 is 6.15 Å². The predicted octanol–water partition coefficient (Wildman–Crippen LogP) is 5.83. The fourth-order valence-electron chi connectivity index (χ4n) is 3.74. The van der Waals surface area contributed by atoms with E-state index in [1.807, 2.05) is 24.3 Å². The largest absolute Gasteiger partial charge is 0.456 e. The van der Waals surface area contributed by atoms with Crippen molar-refractivity contribution in [1.29, 1.82) is 0 Å². The summed E-state index contributed by atoms with van der Waals surface area (Å²) in [7, 11) is 0. The normalized spacial score (nSPS) is 14.6.